The minimum Gasteiger partial charge on any atom is -0.397 e. The Kier molecular flexibility index (Phi) is 3.98. The molecule has 0 saturated heterocycles. The summed E-state index contributed by atoms with van der Waals surface area (Å²) in [5.74, 6) is -0.264. The van der Waals surface area contributed by atoms with Crippen LogP contribution in [-0.4, -0.2) is 5.91 Å². The number of carbonyl (C=O) groups is 1. The number of hydrogen-bond acceptors (Lipinski definition) is 2. The highest BCUT2D eigenvalue weighted by Gasteiger charge is 2.12. The minimum atomic E-state index is -0.264. The lowest BCUT2D eigenvalue weighted by atomic mass is 10.1. The zero-order valence-electron chi connectivity index (χ0n) is 10.2. The number of carbonyl (C=O) groups excluding carboxylic acids is 1. The molecule has 0 aliphatic heterocycles. The summed E-state index contributed by atoms with van der Waals surface area (Å²) in [5.41, 5.74) is 8.05. The van der Waals surface area contributed by atoms with Crippen LogP contribution in [-0.2, 0) is 0 Å². The van der Waals surface area contributed by atoms with Gasteiger partial charge in [-0.05, 0) is 31.2 Å². The molecule has 2 aromatic rings. The molecule has 2 rings (SSSR count). The second kappa shape index (κ2) is 5.51. The summed E-state index contributed by atoms with van der Waals surface area (Å²) < 4.78 is 0. The van der Waals surface area contributed by atoms with Gasteiger partial charge in [0.05, 0.1) is 16.4 Å². The van der Waals surface area contributed by atoms with Crippen molar-refractivity contribution in [3.63, 3.8) is 0 Å². The van der Waals surface area contributed by atoms with Crippen LogP contribution < -0.4 is 11.1 Å². The zero-order chi connectivity index (χ0) is 14.0. The van der Waals surface area contributed by atoms with E-state index in [9.17, 15) is 4.79 Å². The van der Waals surface area contributed by atoms with Crippen LogP contribution in [0, 0.1) is 6.92 Å². The Hall–Kier alpha value is -1.71. The van der Waals surface area contributed by atoms with Crippen LogP contribution in [0.1, 0.15) is 15.9 Å². The molecule has 0 aliphatic carbocycles. The van der Waals surface area contributed by atoms with Gasteiger partial charge >= 0.3 is 0 Å². The summed E-state index contributed by atoms with van der Waals surface area (Å²) in [7, 11) is 0. The Morgan fingerprint density at radius 1 is 1.21 bits per heavy atom. The van der Waals surface area contributed by atoms with Gasteiger partial charge in [-0.2, -0.15) is 0 Å². The second-order valence-corrected chi connectivity index (χ2v) is 5.02. The molecule has 19 heavy (non-hydrogen) atoms. The smallest absolute Gasteiger partial charge is 0.255 e. The van der Waals surface area contributed by atoms with Crippen molar-refractivity contribution in [1.29, 1.82) is 0 Å². The van der Waals surface area contributed by atoms with Gasteiger partial charge in [-0.1, -0.05) is 40.9 Å². The van der Waals surface area contributed by atoms with E-state index in [2.05, 4.69) is 5.32 Å². The van der Waals surface area contributed by atoms with E-state index in [-0.39, 0.29) is 5.91 Å². The van der Waals surface area contributed by atoms with Gasteiger partial charge in [0.15, 0.2) is 0 Å². The zero-order valence-corrected chi connectivity index (χ0v) is 11.7. The predicted octanol–water partition coefficient (Wildman–Crippen LogP) is 4.14. The highest BCUT2D eigenvalue weighted by atomic mass is 35.5. The number of rotatable bonds is 2. The van der Waals surface area contributed by atoms with Gasteiger partial charge in [-0.3, -0.25) is 4.79 Å². The van der Waals surface area contributed by atoms with Crippen LogP contribution in [0.15, 0.2) is 36.4 Å². The summed E-state index contributed by atoms with van der Waals surface area (Å²) in [6, 6.07) is 10.3. The molecule has 0 radical (unpaired) electrons. The molecule has 3 nitrogen and oxygen atoms in total. The number of nitrogen functional groups attached to an aromatic ring is 1. The van der Waals surface area contributed by atoms with Crippen molar-refractivity contribution in [3.05, 3.63) is 57.6 Å². The monoisotopic (exact) mass is 294 g/mol. The van der Waals surface area contributed by atoms with Gasteiger partial charge in [0.25, 0.3) is 5.91 Å². The molecular weight excluding hydrogens is 283 g/mol. The maximum Gasteiger partial charge on any atom is 0.255 e. The summed E-state index contributed by atoms with van der Waals surface area (Å²) in [6.45, 7) is 1.92. The van der Waals surface area contributed by atoms with E-state index in [1.54, 1.807) is 18.2 Å². The highest BCUT2D eigenvalue weighted by Crippen LogP contribution is 2.32. The highest BCUT2D eigenvalue weighted by molar-refractivity contribution is 6.37. The SMILES string of the molecule is Cc1cccc(C(=O)Nc2c(N)cc(Cl)cc2Cl)c1. The molecule has 0 bridgehead atoms. The molecule has 2 aromatic carbocycles. The van der Waals surface area contributed by atoms with Gasteiger partial charge in [-0.15, -0.1) is 0 Å². The third kappa shape index (κ3) is 3.19. The molecule has 0 aliphatic rings. The van der Waals surface area contributed by atoms with Crippen molar-refractivity contribution in [2.45, 2.75) is 6.92 Å². The molecule has 3 N–H and O–H groups in total. The largest absolute Gasteiger partial charge is 0.397 e. The van der Waals surface area contributed by atoms with Crippen molar-refractivity contribution < 1.29 is 4.79 Å². The third-order valence-electron chi connectivity index (χ3n) is 2.60. The molecule has 0 aromatic heterocycles. The maximum absolute atomic E-state index is 12.1. The minimum absolute atomic E-state index is 0.264. The molecule has 0 atom stereocenters. The average molecular weight is 295 g/mol. The number of aryl methyl sites for hydroxylation is 1. The van der Waals surface area contributed by atoms with E-state index in [0.717, 1.165) is 5.56 Å². The number of amides is 1. The van der Waals surface area contributed by atoms with E-state index in [1.165, 1.54) is 6.07 Å². The number of nitrogens with one attached hydrogen (secondary N) is 1. The molecule has 0 saturated carbocycles. The van der Waals surface area contributed by atoms with Crippen molar-refractivity contribution in [3.8, 4) is 0 Å². The lowest BCUT2D eigenvalue weighted by molar-refractivity contribution is 0.102. The first-order chi connectivity index (χ1) is 8.97. The summed E-state index contributed by atoms with van der Waals surface area (Å²) in [5, 5.41) is 3.43. The van der Waals surface area contributed by atoms with E-state index < -0.39 is 0 Å². The first-order valence-corrected chi connectivity index (χ1v) is 6.35. The van der Waals surface area contributed by atoms with E-state index in [0.29, 0.717) is 27.0 Å². The number of benzene rings is 2. The number of halogens is 2. The maximum atomic E-state index is 12.1. The molecule has 0 unspecified atom stereocenters. The molecule has 98 valence electrons. The Morgan fingerprint density at radius 2 is 1.95 bits per heavy atom. The molecule has 1 amide bonds. The summed E-state index contributed by atoms with van der Waals surface area (Å²) >= 11 is 11.8. The van der Waals surface area contributed by atoms with Crippen LogP contribution in [0.5, 0.6) is 0 Å². The predicted molar refractivity (Wildman–Crippen MR) is 80.0 cm³/mol. The Balaban J connectivity index is 2.29. The first kappa shape index (κ1) is 13.7. The van der Waals surface area contributed by atoms with Gasteiger partial charge in [0.1, 0.15) is 0 Å². The number of hydrogen-bond donors (Lipinski definition) is 2. The fourth-order valence-corrected chi connectivity index (χ4v) is 2.25. The topological polar surface area (TPSA) is 55.1 Å². The standard InChI is InChI=1S/C14H12Cl2N2O/c1-8-3-2-4-9(5-8)14(19)18-13-11(16)6-10(15)7-12(13)17/h2-7H,17H2,1H3,(H,18,19). The fourth-order valence-electron chi connectivity index (χ4n) is 1.70. The molecule has 0 heterocycles. The summed E-state index contributed by atoms with van der Waals surface area (Å²) in [6.07, 6.45) is 0. The van der Waals surface area contributed by atoms with Crippen LogP contribution in [0.3, 0.4) is 0 Å². The molecular formula is C14H12Cl2N2O. The van der Waals surface area contributed by atoms with E-state index in [1.807, 2.05) is 19.1 Å². The molecule has 5 heteroatoms. The van der Waals surface area contributed by atoms with E-state index in [4.69, 9.17) is 28.9 Å². The van der Waals surface area contributed by atoms with Crippen LogP contribution in [0.2, 0.25) is 10.0 Å². The lowest BCUT2D eigenvalue weighted by Crippen LogP contribution is -2.13. The average Bonchev–Trinajstić information content (AvgIpc) is 2.33. The normalized spacial score (nSPS) is 10.3. The lowest BCUT2D eigenvalue weighted by Gasteiger charge is -2.11. The van der Waals surface area contributed by atoms with Crippen molar-refractivity contribution in [2.75, 3.05) is 11.1 Å². The quantitative estimate of drug-likeness (QED) is 0.818. The van der Waals surface area contributed by atoms with Gasteiger partial charge in [0.2, 0.25) is 0 Å². The van der Waals surface area contributed by atoms with Crippen molar-refractivity contribution in [1.82, 2.24) is 0 Å². The first-order valence-electron chi connectivity index (χ1n) is 5.60. The number of nitrogens with two attached hydrogens (primary N) is 1. The Morgan fingerprint density at radius 3 is 2.58 bits per heavy atom. The van der Waals surface area contributed by atoms with Gasteiger partial charge < -0.3 is 11.1 Å². The van der Waals surface area contributed by atoms with Crippen molar-refractivity contribution >= 4 is 40.5 Å². The van der Waals surface area contributed by atoms with Crippen LogP contribution in [0.4, 0.5) is 11.4 Å². The molecule has 0 spiro atoms. The third-order valence-corrected chi connectivity index (χ3v) is 3.12. The number of anilines is 2. The summed E-state index contributed by atoms with van der Waals surface area (Å²) in [4.78, 5) is 12.1. The fraction of sp³-hybridized carbons (Fsp3) is 0.0714. The van der Waals surface area contributed by atoms with E-state index >= 15 is 0 Å². The molecule has 0 fully saturated rings. The second-order valence-electron chi connectivity index (χ2n) is 4.18. The van der Waals surface area contributed by atoms with Crippen molar-refractivity contribution in [2.24, 2.45) is 0 Å². The Labute approximate surface area is 121 Å². The van der Waals surface area contributed by atoms with Gasteiger partial charge in [-0.25, -0.2) is 0 Å². The Bertz CT molecular complexity index is 618. The van der Waals surface area contributed by atoms with Gasteiger partial charge in [0, 0.05) is 10.6 Å². The van der Waals surface area contributed by atoms with Crippen LogP contribution >= 0.6 is 23.2 Å². The van der Waals surface area contributed by atoms with Crippen LogP contribution in [0.25, 0.3) is 0 Å².